The Hall–Kier alpha value is -1.32. The van der Waals surface area contributed by atoms with Gasteiger partial charge in [0.2, 0.25) is 0 Å². The van der Waals surface area contributed by atoms with E-state index in [1.54, 1.807) is 13.0 Å². The fourth-order valence-corrected chi connectivity index (χ4v) is 0.818. The molecular formula is C7H11N3O. The molecule has 0 amide bonds. The monoisotopic (exact) mass is 153 g/mol. The van der Waals surface area contributed by atoms with Gasteiger partial charge < -0.3 is 10.5 Å². The number of hydrogen-bond donors (Lipinski definition) is 2. The number of aryl methyl sites for hydroxylation is 1. The molecule has 60 valence electrons. The van der Waals surface area contributed by atoms with Crippen molar-refractivity contribution in [3.05, 3.63) is 11.8 Å². The van der Waals surface area contributed by atoms with E-state index in [1.807, 2.05) is 0 Å². The quantitative estimate of drug-likeness (QED) is 0.664. The van der Waals surface area contributed by atoms with E-state index >= 15 is 0 Å². The molecule has 0 fully saturated rings. The third kappa shape index (κ3) is 2.41. The smallest absolute Gasteiger partial charge is 0.145 e. The molecule has 0 aliphatic carbocycles. The summed E-state index contributed by atoms with van der Waals surface area (Å²) in [4.78, 5) is 10.6. The number of rotatable bonds is 3. The van der Waals surface area contributed by atoms with Gasteiger partial charge in [-0.3, -0.25) is 5.10 Å². The van der Waals surface area contributed by atoms with Gasteiger partial charge in [-0.25, -0.2) is 0 Å². The van der Waals surface area contributed by atoms with E-state index in [-0.39, 0.29) is 5.78 Å². The van der Waals surface area contributed by atoms with Crippen LogP contribution in [0.25, 0.3) is 0 Å². The third-order valence-corrected chi connectivity index (χ3v) is 1.40. The Morgan fingerprint density at radius 2 is 2.55 bits per heavy atom. The van der Waals surface area contributed by atoms with Crippen LogP contribution in [0.4, 0.5) is 5.82 Å². The minimum atomic E-state index is 0.179. The predicted octanol–water partition coefficient (Wildman–Crippen LogP) is 0.514. The van der Waals surface area contributed by atoms with Gasteiger partial charge in [0.05, 0.1) is 0 Å². The first-order chi connectivity index (χ1) is 5.18. The van der Waals surface area contributed by atoms with E-state index in [1.165, 1.54) is 0 Å². The lowest BCUT2D eigenvalue weighted by Gasteiger charge is -1.90. The van der Waals surface area contributed by atoms with Crippen LogP contribution >= 0.6 is 0 Å². The van der Waals surface area contributed by atoms with Gasteiger partial charge in [0.15, 0.2) is 0 Å². The number of nitrogen functional groups attached to an aromatic ring is 1. The van der Waals surface area contributed by atoms with Gasteiger partial charge >= 0.3 is 0 Å². The number of H-pyrrole nitrogens is 1. The number of carbonyl (C=O) groups is 1. The Morgan fingerprint density at radius 1 is 1.82 bits per heavy atom. The standard InChI is InChI=1S/C7H11N3O/c1-5(11)2-3-6-4-7(8)10-9-6/h4H,2-3H2,1H3,(H3,8,9,10). The van der Waals surface area contributed by atoms with E-state index in [9.17, 15) is 4.79 Å². The predicted molar refractivity (Wildman–Crippen MR) is 42.0 cm³/mol. The first kappa shape index (κ1) is 7.78. The zero-order valence-corrected chi connectivity index (χ0v) is 6.42. The molecule has 0 atom stereocenters. The summed E-state index contributed by atoms with van der Waals surface area (Å²) in [5.41, 5.74) is 6.27. The maximum absolute atomic E-state index is 10.6. The molecule has 0 radical (unpaired) electrons. The van der Waals surface area contributed by atoms with Crippen molar-refractivity contribution < 1.29 is 4.79 Å². The maximum atomic E-state index is 10.6. The van der Waals surface area contributed by atoms with E-state index < -0.39 is 0 Å². The van der Waals surface area contributed by atoms with E-state index in [2.05, 4.69) is 10.2 Å². The molecule has 0 saturated carbocycles. The average Bonchev–Trinajstić information content (AvgIpc) is 2.31. The Morgan fingerprint density at radius 3 is 3.00 bits per heavy atom. The molecule has 0 spiro atoms. The van der Waals surface area contributed by atoms with Gasteiger partial charge in [0.1, 0.15) is 11.6 Å². The van der Waals surface area contributed by atoms with Crippen LogP contribution in [0.15, 0.2) is 6.07 Å². The fourth-order valence-electron chi connectivity index (χ4n) is 0.818. The number of carbonyl (C=O) groups excluding carboxylic acids is 1. The number of ketones is 1. The van der Waals surface area contributed by atoms with Crippen molar-refractivity contribution in [2.24, 2.45) is 0 Å². The molecule has 11 heavy (non-hydrogen) atoms. The minimum absolute atomic E-state index is 0.179. The van der Waals surface area contributed by atoms with Crippen molar-refractivity contribution in [3.63, 3.8) is 0 Å². The molecule has 0 unspecified atom stereocenters. The molecule has 0 aromatic carbocycles. The Balaban J connectivity index is 2.45. The molecule has 3 N–H and O–H groups in total. The molecule has 0 saturated heterocycles. The number of aromatic amines is 1. The lowest BCUT2D eigenvalue weighted by molar-refractivity contribution is -0.116. The summed E-state index contributed by atoms with van der Waals surface area (Å²) in [7, 11) is 0. The summed E-state index contributed by atoms with van der Waals surface area (Å²) in [5.74, 6) is 0.654. The van der Waals surface area contributed by atoms with Crippen LogP contribution in [0.1, 0.15) is 19.0 Å². The number of aromatic nitrogens is 2. The van der Waals surface area contributed by atoms with Crippen molar-refractivity contribution >= 4 is 11.6 Å². The van der Waals surface area contributed by atoms with Gasteiger partial charge in [-0.05, 0) is 13.3 Å². The fraction of sp³-hybridized carbons (Fsp3) is 0.429. The summed E-state index contributed by atoms with van der Waals surface area (Å²) in [6.45, 7) is 1.57. The molecular weight excluding hydrogens is 142 g/mol. The molecule has 1 heterocycles. The third-order valence-electron chi connectivity index (χ3n) is 1.40. The van der Waals surface area contributed by atoms with Gasteiger partial charge in [-0.1, -0.05) is 0 Å². The summed E-state index contributed by atoms with van der Waals surface area (Å²) in [5, 5.41) is 6.47. The second-order valence-electron chi connectivity index (χ2n) is 2.52. The minimum Gasteiger partial charge on any atom is -0.382 e. The van der Waals surface area contributed by atoms with Gasteiger partial charge in [-0.15, -0.1) is 0 Å². The highest BCUT2D eigenvalue weighted by molar-refractivity contribution is 5.75. The molecule has 0 aliphatic rings. The summed E-state index contributed by atoms with van der Waals surface area (Å²) < 4.78 is 0. The summed E-state index contributed by atoms with van der Waals surface area (Å²) in [6, 6.07) is 1.74. The molecule has 4 heteroatoms. The highest BCUT2D eigenvalue weighted by atomic mass is 16.1. The lowest BCUT2D eigenvalue weighted by atomic mass is 10.2. The number of anilines is 1. The van der Waals surface area contributed by atoms with E-state index in [4.69, 9.17) is 5.73 Å². The van der Waals surface area contributed by atoms with Crippen molar-refractivity contribution in [3.8, 4) is 0 Å². The second-order valence-corrected chi connectivity index (χ2v) is 2.52. The Kier molecular flexibility index (Phi) is 2.25. The largest absolute Gasteiger partial charge is 0.382 e. The van der Waals surface area contributed by atoms with Crippen molar-refractivity contribution in [2.45, 2.75) is 19.8 Å². The van der Waals surface area contributed by atoms with Gasteiger partial charge in [0, 0.05) is 18.2 Å². The van der Waals surface area contributed by atoms with E-state index in [0.717, 1.165) is 5.69 Å². The highest BCUT2D eigenvalue weighted by Gasteiger charge is 1.98. The molecule has 0 aliphatic heterocycles. The number of hydrogen-bond acceptors (Lipinski definition) is 3. The number of Topliss-reactive ketones (excluding diaryl/α,β-unsaturated/α-hetero) is 1. The van der Waals surface area contributed by atoms with Crippen LogP contribution in [0.3, 0.4) is 0 Å². The van der Waals surface area contributed by atoms with Crippen LogP contribution in [-0.2, 0) is 11.2 Å². The van der Waals surface area contributed by atoms with Crippen LogP contribution in [0.2, 0.25) is 0 Å². The first-order valence-corrected chi connectivity index (χ1v) is 3.47. The number of nitrogens with two attached hydrogens (primary N) is 1. The molecule has 1 rings (SSSR count). The normalized spacial score (nSPS) is 9.91. The maximum Gasteiger partial charge on any atom is 0.145 e. The molecule has 4 nitrogen and oxygen atoms in total. The van der Waals surface area contributed by atoms with Crippen LogP contribution in [0, 0.1) is 0 Å². The average molecular weight is 153 g/mol. The summed E-state index contributed by atoms with van der Waals surface area (Å²) >= 11 is 0. The summed E-state index contributed by atoms with van der Waals surface area (Å²) in [6.07, 6.45) is 1.24. The van der Waals surface area contributed by atoms with Crippen LogP contribution in [0.5, 0.6) is 0 Å². The van der Waals surface area contributed by atoms with Crippen molar-refractivity contribution in [2.75, 3.05) is 5.73 Å². The Labute approximate surface area is 64.8 Å². The van der Waals surface area contributed by atoms with Crippen LogP contribution < -0.4 is 5.73 Å². The molecule has 1 aromatic heterocycles. The van der Waals surface area contributed by atoms with Crippen molar-refractivity contribution in [1.29, 1.82) is 0 Å². The van der Waals surface area contributed by atoms with Gasteiger partial charge in [-0.2, -0.15) is 5.10 Å². The lowest BCUT2D eigenvalue weighted by Crippen LogP contribution is -1.93. The highest BCUT2D eigenvalue weighted by Crippen LogP contribution is 2.03. The second kappa shape index (κ2) is 3.18. The zero-order valence-electron chi connectivity index (χ0n) is 6.42. The zero-order chi connectivity index (χ0) is 8.27. The molecule has 0 bridgehead atoms. The number of nitrogens with one attached hydrogen (secondary N) is 1. The van der Waals surface area contributed by atoms with E-state index in [0.29, 0.717) is 18.7 Å². The van der Waals surface area contributed by atoms with Crippen LogP contribution in [-0.4, -0.2) is 16.0 Å². The SMILES string of the molecule is CC(=O)CCc1cc(N)n[nH]1. The number of nitrogens with zero attached hydrogens (tertiary/aromatic N) is 1. The van der Waals surface area contributed by atoms with Gasteiger partial charge in [0.25, 0.3) is 0 Å². The Bertz CT molecular complexity index is 254. The van der Waals surface area contributed by atoms with Crippen molar-refractivity contribution in [1.82, 2.24) is 10.2 Å². The topological polar surface area (TPSA) is 71.8 Å². The molecule has 1 aromatic rings. The first-order valence-electron chi connectivity index (χ1n) is 3.47.